The van der Waals surface area contributed by atoms with Crippen LogP contribution in [0.5, 0.6) is 17.2 Å². The molecule has 0 amide bonds. The Morgan fingerprint density at radius 3 is 2.16 bits per heavy atom. The van der Waals surface area contributed by atoms with E-state index in [0.29, 0.717) is 17.2 Å². The van der Waals surface area contributed by atoms with Crippen molar-refractivity contribution in [3.8, 4) is 17.2 Å². The van der Waals surface area contributed by atoms with Crippen molar-refractivity contribution in [1.29, 1.82) is 0 Å². The summed E-state index contributed by atoms with van der Waals surface area (Å²) in [5.74, 6) is 2.61. The number of hydrogen-bond donors (Lipinski definition) is 0. The van der Waals surface area contributed by atoms with Crippen LogP contribution in [0.1, 0.15) is 10.9 Å². The maximum absolute atomic E-state index is 5.63. The standard InChI is InChI=1S/C18H18BrNO3S2/c1-21-14-8-13(9-15(22-2)17(14)23-3)20-16(24)10-25-18(20)11-4-6-12(19)7-5-11/h4-9,18H,10H2,1-3H3. The highest BCUT2D eigenvalue weighted by molar-refractivity contribution is 9.10. The molecule has 1 aliphatic heterocycles. The van der Waals surface area contributed by atoms with Crippen LogP contribution in [0.25, 0.3) is 0 Å². The molecule has 1 aliphatic rings. The van der Waals surface area contributed by atoms with Crippen LogP contribution in [0.4, 0.5) is 5.69 Å². The lowest BCUT2D eigenvalue weighted by Gasteiger charge is -2.27. The zero-order valence-corrected chi connectivity index (χ0v) is 17.3. The van der Waals surface area contributed by atoms with Crippen molar-refractivity contribution in [2.45, 2.75) is 5.37 Å². The second-order valence-electron chi connectivity index (χ2n) is 5.36. The van der Waals surface area contributed by atoms with Gasteiger partial charge in [0.15, 0.2) is 11.5 Å². The van der Waals surface area contributed by atoms with E-state index >= 15 is 0 Å². The van der Waals surface area contributed by atoms with Gasteiger partial charge in [0, 0.05) is 22.4 Å². The third kappa shape index (κ3) is 3.59. The second-order valence-corrected chi connectivity index (χ2v) is 7.82. The van der Waals surface area contributed by atoms with E-state index in [9.17, 15) is 0 Å². The van der Waals surface area contributed by atoms with Crippen molar-refractivity contribution in [1.82, 2.24) is 0 Å². The number of thiocarbonyl (C=S) groups is 1. The maximum atomic E-state index is 5.63. The second kappa shape index (κ2) is 7.85. The fraction of sp³-hybridized carbons (Fsp3) is 0.278. The summed E-state index contributed by atoms with van der Waals surface area (Å²) in [4.78, 5) is 3.03. The largest absolute Gasteiger partial charge is 0.493 e. The van der Waals surface area contributed by atoms with Gasteiger partial charge >= 0.3 is 0 Å². The van der Waals surface area contributed by atoms with Crippen molar-refractivity contribution in [3.63, 3.8) is 0 Å². The summed E-state index contributed by atoms with van der Waals surface area (Å²) >= 11 is 10.9. The molecule has 2 aromatic rings. The number of benzene rings is 2. The minimum absolute atomic E-state index is 0.114. The zero-order valence-electron chi connectivity index (χ0n) is 14.1. The van der Waals surface area contributed by atoms with Crippen LogP contribution >= 0.6 is 39.9 Å². The summed E-state index contributed by atoms with van der Waals surface area (Å²) in [5.41, 5.74) is 2.12. The Bertz CT molecular complexity index is 757. The average Bonchev–Trinajstić information content (AvgIpc) is 3.02. The first-order valence-corrected chi connectivity index (χ1v) is 9.83. The Hall–Kier alpha value is -1.44. The van der Waals surface area contributed by atoms with Crippen molar-refractivity contribution < 1.29 is 14.2 Å². The summed E-state index contributed by atoms with van der Waals surface area (Å²) in [6, 6.07) is 12.2. The van der Waals surface area contributed by atoms with Gasteiger partial charge in [0.25, 0.3) is 0 Å². The lowest BCUT2D eigenvalue weighted by Crippen LogP contribution is -2.26. The molecule has 0 saturated carbocycles. The van der Waals surface area contributed by atoms with Crippen molar-refractivity contribution >= 4 is 50.6 Å². The molecule has 1 saturated heterocycles. The third-order valence-corrected chi connectivity index (χ3v) is 6.24. The minimum Gasteiger partial charge on any atom is -0.493 e. The van der Waals surface area contributed by atoms with E-state index in [1.807, 2.05) is 24.3 Å². The maximum Gasteiger partial charge on any atom is 0.203 e. The highest BCUT2D eigenvalue weighted by Crippen LogP contribution is 2.47. The molecule has 1 fully saturated rings. The molecule has 0 aromatic heterocycles. The molecule has 132 valence electrons. The van der Waals surface area contributed by atoms with Crippen LogP contribution in [-0.2, 0) is 0 Å². The number of rotatable bonds is 5. The molecular weight excluding hydrogens is 422 g/mol. The Balaban J connectivity index is 2.06. The van der Waals surface area contributed by atoms with Gasteiger partial charge in [-0.25, -0.2) is 0 Å². The van der Waals surface area contributed by atoms with Crippen molar-refractivity contribution in [2.75, 3.05) is 32.0 Å². The summed E-state index contributed by atoms with van der Waals surface area (Å²) in [6.07, 6.45) is 0. The molecular formula is C18H18BrNO3S2. The number of anilines is 1. The van der Waals surface area contributed by atoms with Crippen LogP contribution in [0, 0.1) is 0 Å². The SMILES string of the molecule is COc1cc(N2C(=S)CSC2c2ccc(Br)cc2)cc(OC)c1OC. The number of nitrogens with zero attached hydrogens (tertiary/aromatic N) is 1. The number of ether oxygens (including phenoxy) is 3. The Kier molecular flexibility index (Phi) is 5.76. The number of hydrogen-bond acceptors (Lipinski definition) is 5. The third-order valence-electron chi connectivity index (χ3n) is 3.95. The predicted molar refractivity (Wildman–Crippen MR) is 111 cm³/mol. The summed E-state index contributed by atoms with van der Waals surface area (Å²) < 4.78 is 17.4. The number of methoxy groups -OCH3 is 3. The summed E-state index contributed by atoms with van der Waals surface area (Å²) in [6.45, 7) is 0. The van der Waals surface area contributed by atoms with Crippen LogP contribution < -0.4 is 19.1 Å². The lowest BCUT2D eigenvalue weighted by molar-refractivity contribution is 0.324. The van der Waals surface area contributed by atoms with E-state index in [1.54, 1.807) is 33.1 Å². The van der Waals surface area contributed by atoms with Gasteiger partial charge in [0.1, 0.15) is 5.37 Å². The van der Waals surface area contributed by atoms with E-state index in [4.69, 9.17) is 26.4 Å². The monoisotopic (exact) mass is 439 g/mol. The first kappa shape index (κ1) is 18.4. The highest BCUT2D eigenvalue weighted by Gasteiger charge is 2.32. The molecule has 0 aliphatic carbocycles. The predicted octanol–water partition coefficient (Wildman–Crippen LogP) is 5.05. The van der Waals surface area contributed by atoms with Crippen LogP contribution in [0.2, 0.25) is 0 Å². The first-order valence-electron chi connectivity index (χ1n) is 7.58. The van der Waals surface area contributed by atoms with E-state index in [0.717, 1.165) is 20.9 Å². The van der Waals surface area contributed by atoms with Gasteiger partial charge in [0.05, 0.1) is 32.0 Å². The van der Waals surface area contributed by atoms with Gasteiger partial charge in [-0.05, 0) is 17.7 Å². The zero-order chi connectivity index (χ0) is 18.0. The number of halogens is 1. The van der Waals surface area contributed by atoms with Crippen LogP contribution in [-0.4, -0.2) is 32.1 Å². The highest BCUT2D eigenvalue weighted by atomic mass is 79.9. The fourth-order valence-corrected chi connectivity index (χ4v) is 4.72. The Morgan fingerprint density at radius 2 is 1.64 bits per heavy atom. The lowest BCUT2D eigenvalue weighted by atomic mass is 10.1. The van der Waals surface area contributed by atoms with E-state index in [1.165, 1.54) is 5.56 Å². The topological polar surface area (TPSA) is 30.9 Å². The summed E-state index contributed by atoms with van der Waals surface area (Å²) in [5, 5.41) is 0.114. The molecule has 7 heteroatoms. The molecule has 1 heterocycles. The quantitative estimate of drug-likeness (QED) is 0.605. The molecule has 25 heavy (non-hydrogen) atoms. The Labute approximate surface area is 165 Å². The molecule has 2 aromatic carbocycles. The number of thioether (sulfide) groups is 1. The van der Waals surface area contributed by atoms with E-state index in [2.05, 4.69) is 33.0 Å². The smallest absolute Gasteiger partial charge is 0.203 e. The minimum atomic E-state index is 0.114. The Morgan fingerprint density at radius 1 is 1.04 bits per heavy atom. The van der Waals surface area contributed by atoms with Gasteiger partial charge in [-0.15, -0.1) is 11.8 Å². The molecule has 0 N–H and O–H groups in total. The van der Waals surface area contributed by atoms with Gasteiger partial charge < -0.3 is 19.1 Å². The van der Waals surface area contributed by atoms with Gasteiger partial charge in [-0.2, -0.15) is 0 Å². The van der Waals surface area contributed by atoms with Gasteiger partial charge in [-0.1, -0.05) is 40.3 Å². The van der Waals surface area contributed by atoms with Crippen LogP contribution in [0.3, 0.4) is 0 Å². The summed E-state index contributed by atoms with van der Waals surface area (Å²) in [7, 11) is 4.83. The normalized spacial score (nSPS) is 16.9. The van der Waals surface area contributed by atoms with Crippen molar-refractivity contribution in [3.05, 3.63) is 46.4 Å². The van der Waals surface area contributed by atoms with E-state index in [-0.39, 0.29) is 5.37 Å². The molecule has 1 atom stereocenters. The first-order chi connectivity index (χ1) is 12.1. The molecule has 3 rings (SSSR count). The van der Waals surface area contributed by atoms with Gasteiger partial charge in [0.2, 0.25) is 5.75 Å². The molecule has 0 radical (unpaired) electrons. The molecule has 0 spiro atoms. The molecule has 1 unspecified atom stereocenters. The van der Waals surface area contributed by atoms with Gasteiger partial charge in [-0.3, -0.25) is 0 Å². The fourth-order valence-electron chi connectivity index (χ4n) is 2.78. The van der Waals surface area contributed by atoms with Crippen molar-refractivity contribution in [2.24, 2.45) is 0 Å². The van der Waals surface area contributed by atoms with E-state index < -0.39 is 0 Å². The molecule has 0 bridgehead atoms. The van der Waals surface area contributed by atoms with Crippen LogP contribution in [0.15, 0.2) is 40.9 Å². The average molecular weight is 440 g/mol. The molecule has 4 nitrogen and oxygen atoms in total.